The van der Waals surface area contributed by atoms with Gasteiger partial charge in [0.15, 0.2) is 17.6 Å². The van der Waals surface area contributed by atoms with Gasteiger partial charge in [0.05, 0.1) is 13.2 Å². The molecule has 0 bridgehead atoms. The number of hydrogen-bond acceptors (Lipinski definition) is 6. The number of rotatable bonds is 10. The normalized spacial score (nSPS) is 11.2. The summed E-state index contributed by atoms with van der Waals surface area (Å²) in [4.78, 5) is 36.5. The maximum atomic E-state index is 12.4. The highest BCUT2D eigenvalue weighted by atomic mass is 35.5. The van der Waals surface area contributed by atoms with Crippen LogP contribution in [-0.2, 0) is 14.3 Å². The molecule has 0 radical (unpaired) electrons. The van der Waals surface area contributed by atoms with Crippen LogP contribution in [0, 0.1) is 0 Å². The van der Waals surface area contributed by atoms with Gasteiger partial charge in [0.1, 0.15) is 6.54 Å². The first-order chi connectivity index (χ1) is 14.8. The number of esters is 1. The van der Waals surface area contributed by atoms with E-state index in [9.17, 15) is 14.4 Å². The third-order valence-corrected chi connectivity index (χ3v) is 4.24. The molecule has 0 fully saturated rings. The summed E-state index contributed by atoms with van der Waals surface area (Å²) in [6.07, 6.45) is -1.05. The van der Waals surface area contributed by atoms with Gasteiger partial charge in [-0.3, -0.25) is 14.4 Å². The highest BCUT2D eigenvalue weighted by Crippen LogP contribution is 2.28. The van der Waals surface area contributed by atoms with Crippen molar-refractivity contribution in [3.8, 4) is 11.5 Å². The summed E-state index contributed by atoms with van der Waals surface area (Å²) in [6, 6.07) is 11.2. The Kier molecular flexibility index (Phi) is 9.14. The van der Waals surface area contributed by atoms with Gasteiger partial charge in [0.2, 0.25) is 0 Å². The van der Waals surface area contributed by atoms with E-state index in [0.717, 1.165) is 0 Å². The maximum Gasteiger partial charge on any atom is 0.326 e. The van der Waals surface area contributed by atoms with E-state index in [1.54, 1.807) is 36.4 Å². The molecular formula is C22H25ClN2O6. The lowest BCUT2D eigenvalue weighted by atomic mass is 10.2. The highest BCUT2D eigenvalue weighted by molar-refractivity contribution is 6.30. The Bertz CT molecular complexity index is 917. The topological polar surface area (TPSA) is 103 Å². The molecule has 0 aliphatic heterocycles. The molecule has 1 unspecified atom stereocenters. The zero-order valence-electron chi connectivity index (χ0n) is 17.6. The van der Waals surface area contributed by atoms with Gasteiger partial charge in [0.25, 0.3) is 11.8 Å². The van der Waals surface area contributed by atoms with Crippen molar-refractivity contribution >= 4 is 35.1 Å². The van der Waals surface area contributed by atoms with Crippen LogP contribution < -0.4 is 20.1 Å². The van der Waals surface area contributed by atoms with Gasteiger partial charge in [-0.05, 0) is 63.2 Å². The lowest BCUT2D eigenvalue weighted by molar-refractivity contribution is -0.152. The van der Waals surface area contributed by atoms with Crippen molar-refractivity contribution in [3.05, 3.63) is 53.1 Å². The number of ether oxygens (including phenoxy) is 3. The van der Waals surface area contributed by atoms with E-state index in [1.165, 1.54) is 13.0 Å². The van der Waals surface area contributed by atoms with Crippen molar-refractivity contribution in [1.82, 2.24) is 5.32 Å². The van der Waals surface area contributed by atoms with Gasteiger partial charge < -0.3 is 24.8 Å². The molecule has 1 atom stereocenters. The molecule has 0 aliphatic rings. The fourth-order valence-electron chi connectivity index (χ4n) is 2.52. The Morgan fingerprint density at radius 3 is 2.26 bits per heavy atom. The van der Waals surface area contributed by atoms with Crippen LogP contribution in [0.4, 0.5) is 5.69 Å². The minimum atomic E-state index is -1.05. The fraction of sp³-hybridized carbons (Fsp3) is 0.318. The van der Waals surface area contributed by atoms with Gasteiger partial charge in [-0.2, -0.15) is 0 Å². The first-order valence-corrected chi connectivity index (χ1v) is 10.2. The number of nitrogens with one attached hydrogen (secondary N) is 2. The molecule has 166 valence electrons. The smallest absolute Gasteiger partial charge is 0.326 e. The van der Waals surface area contributed by atoms with Crippen LogP contribution in [0.1, 0.15) is 31.1 Å². The van der Waals surface area contributed by atoms with E-state index in [4.69, 9.17) is 25.8 Å². The third-order valence-electron chi connectivity index (χ3n) is 3.99. The average molecular weight is 449 g/mol. The second-order valence-corrected chi connectivity index (χ2v) is 6.77. The number of carbonyl (C=O) groups is 3. The van der Waals surface area contributed by atoms with Crippen LogP contribution in [0.25, 0.3) is 0 Å². The molecule has 2 N–H and O–H groups in total. The monoisotopic (exact) mass is 448 g/mol. The number of halogens is 1. The van der Waals surface area contributed by atoms with Crippen molar-refractivity contribution in [2.24, 2.45) is 0 Å². The Morgan fingerprint density at radius 1 is 0.968 bits per heavy atom. The second-order valence-electron chi connectivity index (χ2n) is 6.34. The van der Waals surface area contributed by atoms with Gasteiger partial charge >= 0.3 is 5.97 Å². The van der Waals surface area contributed by atoms with Crippen molar-refractivity contribution in [1.29, 1.82) is 0 Å². The zero-order chi connectivity index (χ0) is 22.8. The molecule has 31 heavy (non-hydrogen) atoms. The van der Waals surface area contributed by atoms with Crippen molar-refractivity contribution in [2.45, 2.75) is 26.9 Å². The number of anilines is 1. The number of benzene rings is 2. The molecular weight excluding hydrogens is 424 g/mol. The minimum Gasteiger partial charge on any atom is -0.490 e. The molecule has 2 aromatic carbocycles. The van der Waals surface area contributed by atoms with Gasteiger partial charge in [-0.1, -0.05) is 11.6 Å². The van der Waals surface area contributed by atoms with Gasteiger partial charge in [-0.15, -0.1) is 0 Å². The Hall–Kier alpha value is -3.26. The second kappa shape index (κ2) is 11.8. The van der Waals surface area contributed by atoms with Crippen LogP contribution in [-0.4, -0.2) is 43.6 Å². The van der Waals surface area contributed by atoms with Crippen LogP contribution in [0.5, 0.6) is 11.5 Å². The van der Waals surface area contributed by atoms with Gasteiger partial charge in [0, 0.05) is 16.3 Å². The first-order valence-electron chi connectivity index (χ1n) is 9.77. The van der Waals surface area contributed by atoms with Crippen LogP contribution in [0.3, 0.4) is 0 Å². The molecule has 0 aliphatic carbocycles. The summed E-state index contributed by atoms with van der Waals surface area (Å²) in [5, 5.41) is 5.61. The number of carbonyl (C=O) groups excluding carboxylic acids is 3. The molecule has 2 rings (SSSR count). The highest BCUT2D eigenvalue weighted by Gasteiger charge is 2.19. The van der Waals surface area contributed by atoms with Crippen LogP contribution in [0.2, 0.25) is 5.02 Å². The van der Waals surface area contributed by atoms with E-state index in [1.807, 2.05) is 13.8 Å². The quantitative estimate of drug-likeness (QED) is 0.540. The lowest BCUT2D eigenvalue weighted by Gasteiger charge is -2.14. The predicted molar refractivity (Wildman–Crippen MR) is 117 cm³/mol. The average Bonchev–Trinajstić information content (AvgIpc) is 2.75. The van der Waals surface area contributed by atoms with Gasteiger partial charge in [-0.25, -0.2) is 0 Å². The fourth-order valence-corrected chi connectivity index (χ4v) is 2.64. The predicted octanol–water partition coefficient (Wildman–Crippen LogP) is 3.44. The number of amides is 2. The standard InChI is InChI=1S/C22H25ClN2O6/c1-4-29-18-11-6-15(12-19(18)30-5-2)22(28)24-13-20(26)31-14(3)21(27)25-17-9-7-16(23)8-10-17/h6-12,14H,4-5,13H2,1-3H3,(H,24,28)(H,25,27). The summed E-state index contributed by atoms with van der Waals surface area (Å²) in [7, 11) is 0. The SMILES string of the molecule is CCOc1ccc(C(=O)NCC(=O)OC(C)C(=O)Nc2ccc(Cl)cc2)cc1OCC. The van der Waals surface area contributed by atoms with E-state index in [0.29, 0.717) is 41.0 Å². The summed E-state index contributed by atoms with van der Waals surface area (Å²) in [6.45, 7) is 5.58. The molecule has 0 spiro atoms. The maximum absolute atomic E-state index is 12.4. The lowest BCUT2D eigenvalue weighted by Crippen LogP contribution is -2.35. The van der Waals surface area contributed by atoms with Crippen molar-refractivity contribution in [2.75, 3.05) is 25.1 Å². The van der Waals surface area contributed by atoms with E-state index in [-0.39, 0.29) is 0 Å². The van der Waals surface area contributed by atoms with E-state index < -0.39 is 30.4 Å². The van der Waals surface area contributed by atoms with Crippen LogP contribution >= 0.6 is 11.6 Å². The third kappa shape index (κ3) is 7.49. The summed E-state index contributed by atoms with van der Waals surface area (Å²) >= 11 is 5.80. The first kappa shape index (κ1) is 24.0. The number of hydrogen-bond donors (Lipinski definition) is 2. The Labute approximate surface area is 185 Å². The van der Waals surface area contributed by atoms with Crippen molar-refractivity contribution in [3.63, 3.8) is 0 Å². The molecule has 0 saturated carbocycles. The molecule has 0 aromatic heterocycles. The molecule has 0 heterocycles. The minimum absolute atomic E-state index is 0.299. The van der Waals surface area contributed by atoms with Crippen LogP contribution in [0.15, 0.2) is 42.5 Å². The zero-order valence-corrected chi connectivity index (χ0v) is 18.3. The molecule has 0 saturated heterocycles. The van der Waals surface area contributed by atoms with E-state index in [2.05, 4.69) is 10.6 Å². The molecule has 8 nitrogen and oxygen atoms in total. The van der Waals surface area contributed by atoms with E-state index >= 15 is 0 Å². The Balaban J connectivity index is 1.87. The summed E-state index contributed by atoms with van der Waals surface area (Å²) in [5.41, 5.74) is 0.819. The Morgan fingerprint density at radius 2 is 1.61 bits per heavy atom. The molecule has 2 amide bonds. The largest absolute Gasteiger partial charge is 0.490 e. The molecule has 2 aromatic rings. The van der Waals surface area contributed by atoms with Crippen molar-refractivity contribution < 1.29 is 28.6 Å². The summed E-state index contributed by atoms with van der Waals surface area (Å²) < 4.78 is 16.0. The molecule has 9 heteroatoms. The summed E-state index contributed by atoms with van der Waals surface area (Å²) in [5.74, 6) is -0.773.